The summed E-state index contributed by atoms with van der Waals surface area (Å²) in [5.41, 5.74) is -0.385. The molecule has 0 aliphatic heterocycles. The molecule has 2 aromatic heterocycles. The Morgan fingerprint density at radius 3 is 2.62 bits per heavy atom. The van der Waals surface area contributed by atoms with Gasteiger partial charge in [0.1, 0.15) is 5.15 Å². The molecule has 2 heterocycles. The third kappa shape index (κ3) is 3.01. The number of carbonyl (C=O) groups is 1. The minimum Gasteiger partial charge on any atom is -0.353 e. The van der Waals surface area contributed by atoms with E-state index in [4.69, 9.17) is 11.6 Å². The SMILES string of the molecule is O=C(NC1CCC(n2c(=O)n(C(O)(O)O)c3cnc(Cl)cc32)C1)C1CC1. The number of hydrogen-bond donors (Lipinski definition) is 4. The number of aromatic nitrogens is 3. The summed E-state index contributed by atoms with van der Waals surface area (Å²) in [7, 11) is 0. The number of carbonyl (C=O) groups excluding carboxylic acids is 1. The number of halogens is 1. The summed E-state index contributed by atoms with van der Waals surface area (Å²) in [5, 5.41) is 31.9. The zero-order valence-corrected chi connectivity index (χ0v) is 14.6. The molecule has 2 aliphatic carbocycles. The first-order chi connectivity index (χ1) is 12.3. The second kappa shape index (κ2) is 6.05. The maximum atomic E-state index is 12.8. The van der Waals surface area contributed by atoms with E-state index < -0.39 is 11.8 Å². The van der Waals surface area contributed by atoms with E-state index in [9.17, 15) is 24.9 Å². The van der Waals surface area contributed by atoms with Crippen LogP contribution in [-0.2, 0) is 10.9 Å². The molecule has 2 aromatic rings. The Bertz CT molecular complexity index is 927. The van der Waals surface area contributed by atoms with E-state index in [0.717, 1.165) is 12.8 Å². The lowest BCUT2D eigenvalue weighted by atomic mass is 10.2. The maximum Gasteiger partial charge on any atom is 0.377 e. The van der Waals surface area contributed by atoms with Crippen molar-refractivity contribution in [2.75, 3.05) is 0 Å². The van der Waals surface area contributed by atoms with Crippen molar-refractivity contribution < 1.29 is 20.1 Å². The number of pyridine rings is 1. The molecule has 140 valence electrons. The van der Waals surface area contributed by atoms with Gasteiger partial charge in [-0.3, -0.25) is 9.36 Å². The molecule has 0 saturated heterocycles. The van der Waals surface area contributed by atoms with Gasteiger partial charge in [0.15, 0.2) is 0 Å². The second-order valence-corrected chi connectivity index (χ2v) is 7.42. The first-order valence-corrected chi connectivity index (χ1v) is 8.90. The highest BCUT2D eigenvalue weighted by Crippen LogP contribution is 2.34. The van der Waals surface area contributed by atoms with Gasteiger partial charge in [0.2, 0.25) is 5.91 Å². The van der Waals surface area contributed by atoms with E-state index in [1.807, 2.05) is 0 Å². The third-order valence-electron chi connectivity index (χ3n) is 5.09. The molecule has 0 aromatic carbocycles. The molecule has 2 saturated carbocycles. The van der Waals surface area contributed by atoms with E-state index in [1.54, 1.807) is 0 Å². The van der Waals surface area contributed by atoms with Crippen LogP contribution in [0.5, 0.6) is 0 Å². The molecule has 10 heteroatoms. The molecule has 2 aliphatic rings. The Labute approximate surface area is 152 Å². The van der Waals surface area contributed by atoms with Crippen LogP contribution >= 0.6 is 11.6 Å². The van der Waals surface area contributed by atoms with Gasteiger partial charge in [-0.2, -0.15) is 0 Å². The van der Waals surface area contributed by atoms with Gasteiger partial charge >= 0.3 is 11.8 Å². The fourth-order valence-corrected chi connectivity index (χ4v) is 3.87. The maximum absolute atomic E-state index is 12.8. The molecular weight excluding hydrogens is 364 g/mol. The number of fused-ring (bicyclic) bond motifs is 1. The Hall–Kier alpha value is -1.94. The summed E-state index contributed by atoms with van der Waals surface area (Å²) in [5.74, 6) is 0.167. The van der Waals surface area contributed by atoms with Crippen LogP contribution in [0.1, 0.15) is 38.1 Å². The first-order valence-electron chi connectivity index (χ1n) is 8.52. The molecule has 2 unspecified atom stereocenters. The number of hydrogen-bond acceptors (Lipinski definition) is 6. The van der Waals surface area contributed by atoms with Crippen LogP contribution in [0.15, 0.2) is 17.1 Å². The van der Waals surface area contributed by atoms with Crippen LogP contribution < -0.4 is 11.0 Å². The molecule has 2 fully saturated rings. The zero-order chi connectivity index (χ0) is 18.6. The lowest BCUT2D eigenvalue weighted by Gasteiger charge is -2.16. The van der Waals surface area contributed by atoms with Crippen molar-refractivity contribution in [3.8, 4) is 0 Å². The van der Waals surface area contributed by atoms with Gasteiger partial charge in [-0.25, -0.2) is 14.3 Å². The zero-order valence-electron chi connectivity index (χ0n) is 13.8. The Kier molecular flexibility index (Phi) is 4.07. The number of aliphatic hydroxyl groups is 3. The molecular formula is C16H19ClN4O5. The lowest BCUT2D eigenvalue weighted by molar-refractivity contribution is -0.374. The van der Waals surface area contributed by atoms with Crippen molar-refractivity contribution in [1.82, 2.24) is 19.4 Å². The van der Waals surface area contributed by atoms with Crippen LogP contribution in [0.2, 0.25) is 5.15 Å². The summed E-state index contributed by atoms with van der Waals surface area (Å²) in [4.78, 5) is 28.6. The highest BCUT2D eigenvalue weighted by Gasteiger charge is 2.36. The Morgan fingerprint density at radius 2 is 1.96 bits per heavy atom. The van der Waals surface area contributed by atoms with Gasteiger partial charge in [0, 0.05) is 24.1 Å². The van der Waals surface area contributed by atoms with Gasteiger partial charge in [-0.15, -0.1) is 0 Å². The summed E-state index contributed by atoms with van der Waals surface area (Å²) in [6.07, 6.45) is 1.57. The Balaban J connectivity index is 1.70. The van der Waals surface area contributed by atoms with E-state index in [-0.39, 0.29) is 34.6 Å². The van der Waals surface area contributed by atoms with Crippen molar-refractivity contribution in [2.45, 2.75) is 50.3 Å². The van der Waals surface area contributed by atoms with E-state index in [0.29, 0.717) is 29.3 Å². The van der Waals surface area contributed by atoms with Crippen molar-refractivity contribution in [2.24, 2.45) is 5.92 Å². The second-order valence-electron chi connectivity index (χ2n) is 7.03. The predicted molar refractivity (Wildman–Crippen MR) is 91.2 cm³/mol. The molecule has 9 nitrogen and oxygen atoms in total. The minimum absolute atomic E-state index is 0.0437. The van der Waals surface area contributed by atoms with Crippen molar-refractivity contribution in [3.05, 3.63) is 27.9 Å². The Morgan fingerprint density at radius 1 is 1.23 bits per heavy atom. The summed E-state index contributed by atoms with van der Waals surface area (Å²) >= 11 is 5.93. The molecule has 0 radical (unpaired) electrons. The smallest absolute Gasteiger partial charge is 0.353 e. The average molecular weight is 383 g/mol. The van der Waals surface area contributed by atoms with E-state index in [1.165, 1.54) is 16.8 Å². The lowest BCUT2D eigenvalue weighted by Crippen LogP contribution is -2.41. The van der Waals surface area contributed by atoms with Gasteiger partial charge in [-0.1, -0.05) is 11.6 Å². The normalized spacial score (nSPS) is 23.5. The number of rotatable bonds is 4. The van der Waals surface area contributed by atoms with E-state index in [2.05, 4.69) is 10.3 Å². The predicted octanol–water partition coefficient (Wildman–Crippen LogP) is 0.0159. The van der Waals surface area contributed by atoms with Gasteiger partial charge in [0.05, 0.1) is 17.2 Å². The highest BCUT2D eigenvalue weighted by molar-refractivity contribution is 6.29. The average Bonchev–Trinajstić information content (AvgIpc) is 3.23. The number of imidazole rings is 1. The van der Waals surface area contributed by atoms with Crippen LogP contribution in [0.25, 0.3) is 11.0 Å². The summed E-state index contributed by atoms with van der Waals surface area (Å²) in [6, 6.07) is 1.13. The highest BCUT2D eigenvalue weighted by atomic mass is 35.5. The molecule has 1 amide bonds. The molecule has 0 spiro atoms. The molecule has 4 N–H and O–H groups in total. The van der Waals surface area contributed by atoms with Crippen LogP contribution in [0.3, 0.4) is 0 Å². The van der Waals surface area contributed by atoms with Crippen LogP contribution in [0.4, 0.5) is 0 Å². The number of amides is 1. The largest absolute Gasteiger partial charge is 0.377 e. The van der Waals surface area contributed by atoms with Crippen molar-refractivity contribution in [3.63, 3.8) is 0 Å². The molecule has 4 rings (SSSR count). The van der Waals surface area contributed by atoms with Gasteiger partial charge in [-0.05, 0) is 32.1 Å². The van der Waals surface area contributed by atoms with Crippen molar-refractivity contribution >= 4 is 28.5 Å². The molecule has 26 heavy (non-hydrogen) atoms. The quantitative estimate of drug-likeness (QED) is 0.435. The summed E-state index contributed by atoms with van der Waals surface area (Å²) < 4.78 is 1.84. The first kappa shape index (κ1) is 17.5. The standard InChI is InChI=1S/C16H19ClN4O5/c17-13-6-11-12(7-18-13)21(16(24,25)26)15(23)20(11)10-4-3-9(5-10)19-14(22)8-1-2-8/h6-10,24-26H,1-5H2,(H,19,22). The monoisotopic (exact) mass is 382 g/mol. The fraction of sp³-hybridized carbons (Fsp3) is 0.562. The van der Waals surface area contributed by atoms with Gasteiger partial charge < -0.3 is 20.6 Å². The fourth-order valence-electron chi connectivity index (χ4n) is 3.72. The van der Waals surface area contributed by atoms with Crippen LogP contribution in [-0.4, -0.2) is 41.4 Å². The third-order valence-corrected chi connectivity index (χ3v) is 5.30. The minimum atomic E-state index is -3.35. The number of nitrogens with zero attached hydrogens (tertiary/aromatic N) is 3. The summed E-state index contributed by atoms with van der Waals surface area (Å²) in [6.45, 7) is 0. The van der Waals surface area contributed by atoms with Crippen molar-refractivity contribution in [1.29, 1.82) is 0 Å². The van der Waals surface area contributed by atoms with Crippen LogP contribution in [0, 0.1) is 5.92 Å². The van der Waals surface area contributed by atoms with Gasteiger partial charge in [0.25, 0.3) is 0 Å². The van der Waals surface area contributed by atoms with E-state index >= 15 is 0 Å². The number of nitrogens with one attached hydrogen (secondary N) is 1. The topological polar surface area (TPSA) is 130 Å². The molecule has 2 atom stereocenters. The molecule has 0 bridgehead atoms.